The van der Waals surface area contributed by atoms with Crippen molar-refractivity contribution in [2.75, 3.05) is 12.8 Å². The standard InChI is InChI=1S/C20H26N2O4/c1-5-6-14(22-13-9-7-12(21)8-10-13)16-15(23)11-20(2,3)17(18(16)24)19(25)26-4/h7-10,17,24H,5-6,11,21H2,1-4H3/t17-/m0/s1. The SMILES string of the molecule is CCCC(=Nc1ccc(N)cc1)C1=C(O)[C@@H](C(=O)OC)C(C)(C)CC1=O. The van der Waals surface area contributed by atoms with Crippen molar-refractivity contribution >= 4 is 28.8 Å². The van der Waals surface area contributed by atoms with Gasteiger partial charge >= 0.3 is 5.97 Å². The third-order valence-electron chi connectivity index (χ3n) is 4.58. The van der Waals surface area contributed by atoms with Gasteiger partial charge in [-0.05, 0) is 36.1 Å². The molecular formula is C20H26N2O4. The van der Waals surface area contributed by atoms with Gasteiger partial charge in [-0.25, -0.2) is 0 Å². The van der Waals surface area contributed by atoms with Gasteiger partial charge in [0.2, 0.25) is 0 Å². The van der Waals surface area contributed by atoms with Crippen LogP contribution in [0.2, 0.25) is 0 Å². The Kier molecular flexibility index (Phi) is 5.85. The first kappa shape index (κ1) is 19.7. The smallest absolute Gasteiger partial charge is 0.316 e. The van der Waals surface area contributed by atoms with Crippen LogP contribution in [-0.2, 0) is 14.3 Å². The number of anilines is 1. The number of esters is 1. The first-order valence-electron chi connectivity index (χ1n) is 8.69. The van der Waals surface area contributed by atoms with Gasteiger partial charge in [-0.3, -0.25) is 14.6 Å². The molecule has 2 rings (SSSR count). The van der Waals surface area contributed by atoms with E-state index in [0.717, 1.165) is 6.42 Å². The molecule has 0 radical (unpaired) electrons. The molecule has 0 saturated heterocycles. The lowest BCUT2D eigenvalue weighted by Gasteiger charge is -2.36. The number of aliphatic hydroxyl groups is 1. The van der Waals surface area contributed by atoms with Crippen LogP contribution in [0.3, 0.4) is 0 Å². The molecule has 0 aromatic heterocycles. The number of nitrogens with zero attached hydrogens (tertiary/aromatic N) is 1. The summed E-state index contributed by atoms with van der Waals surface area (Å²) >= 11 is 0. The number of carbonyl (C=O) groups excluding carboxylic acids is 2. The van der Waals surface area contributed by atoms with Crippen molar-refractivity contribution in [3.05, 3.63) is 35.6 Å². The van der Waals surface area contributed by atoms with E-state index in [9.17, 15) is 14.7 Å². The number of rotatable bonds is 5. The lowest BCUT2D eigenvalue weighted by molar-refractivity contribution is -0.150. The predicted molar refractivity (Wildman–Crippen MR) is 101 cm³/mol. The highest BCUT2D eigenvalue weighted by Gasteiger charge is 2.47. The average molecular weight is 358 g/mol. The Morgan fingerprint density at radius 3 is 2.50 bits per heavy atom. The number of hydrogen-bond acceptors (Lipinski definition) is 6. The summed E-state index contributed by atoms with van der Waals surface area (Å²) in [5, 5.41) is 10.8. The van der Waals surface area contributed by atoms with Crippen molar-refractivity contribution in [2.45, 2.75) is 40.0 Å². The minimum absolute atomic E-state index is 0.136. The Morgan fingerprint density at radius 2 is 1.96 bits per heavy atom. The quantitative estimate of drug-likeness (QED) is 0.474. The summed E-state index contributed by atoms with van der Waals surface area (Å²) in [6.07, 6.45) is 1.38. The molecule has 26 heavy (non-hydrogen) atoms. The van der Waals surface area contributed by atoms with E-state index in [0.29, 0.717) is 23.5 Å². The molecule has 0 fully saturated rings. The Bertz CT molecular complexity index is 761. The van der Waals surface area contributed by atoms with E-state index >= 15 is 0 Å². The molecule has 6 nitrogen and oxygen atoms in total. The highest BCUT2D eigenvalue weighted by atomic mass is 16.5. The molecule has 0 saturated carbocycles. The molecule has 1 aliphatic rings. The molecule has 0 unspecified atom stereocenters. The zero-order valence-corrected chi connectivity index (χ0v) is 15.7. The van der Waals surface area contributed by atoms with Crippen molar-refractivity contribution in [1.29, 1.82) is 0 Å². The Labute approximate surface area is 153 Å². The van der Waals surface area contributed by atoms with E-state index in [1.165, 1.54) is 7.11 Å². The second-order valence-electron chi connectivity index (χ2n) is 7.20. The normalized spacial score (nSPS) is 20.2. The van der Waals surface area contributed by atoms with Crippen LogP contribution in [0.15, 0.2) is 40.6 Å². The molecule has 0 bridgehead atoms. The highest BCUT2D eigenvalue weighted by Crippen LogP contribution is 2.42. The van der Waals surface area contributed by atoms with Crippen LogP contribution in [-0.4, -0.2) is 29.7 Å². The summed E-state index contributed by atoms with van der Waals surface area (Å²) < 4.78 is 4.85. The fourth-order valence-electron chi connectivity index (χ4n) is 3.30. The van der Waals surface area contributed by atoms with Crippen molar-refractivity contribution in [3.8, 4) is 0 Å². The Morgan fingerprint density at radius 1 is 1.35 bits per heavy atom. The summed E-state index contributed by atoms with van der Waals surface area (Å²) in [6, 6.07) is 6.94. The Hall–Kier alpha value is -2.63. The summed E-state index contributed by atoms with van der Waals surface area (Å²) in [5.74, 6) is -1.91. The zero-order valence-electron chi connectivity index (χ0n) is 15.7. The molecule has 0 aliphatic heterocycles. The number of ether oxygens (including phenoxy) is 1. The van der Waals surface area contributed by atoms with E-state index in [-0.39, 0.29) is 23.5 Å². The molecule has 0 amide bonds. The molecule has 1 aromatic carbocycles. The van der Waals surface area contributed by atoms with E-state index < -0.39 is 17.3 Å². The molecule has 1 aliphatic carbocycles. The molecule has 0 spiro atoms. The number of aliphatic imine (C=N–C) groups is 1. The molecule has 3 N–H and O–H groups in total. The monoisotopic (exact) mass is 358 g/mol. The fraction of sp³-hybridized carbons (Fsp3) is 0.450. The third-order valence-corrected chi connectivity index (χ3v) is 4.58. The fourth-order valence-corrected chi connectivity index (χ4v) is 3.30. The molecule has 140 valence electrons. The highest BCUT2D eigenvalue weighted by molar-refractivity contribution is 6.24. The van der Waals surface area contributed by atoms with E-state index in [2.05, 4.69) is 4.99 Å². The number of carbonyl (C=O) groups is 2. The molecule has 1 aromatic rings. The number of allylic oxidation sites excluding steroid dienone is 1. The van der Waals surface area contributed by atoms with Gasteiger partial charge in [-0.2, -0.15) is 0 Å². The number of methoxy groups -OCH3 is 1. The molecular weight excluding hydrogens is 332 g/mol. The third kappa shape index (κ3) is 3.95. The van der Waals surface area contributed by atoms with Crippen LogP contribution in [0.1, 0.15) is 40.0 Å². The van der Waals surface area contributed by atoms with E-state index in [1.54, 1.807) is 38.1 Å². The van der Waals surface area contributed by atoms with Crippen molar-refractivity contribution in [3.63, 3.8) is 0 Å². The van der Waals surface area contributed by atoms with Gasteiger partial charge in [0, 0.05) is 12.1 Å². The number of benzene rings is 1. The van der Waals surface area contributed by atoms with Gasteiger partial charge in [0.25, 0.3) is 0 Å². The number of Topliss-reactive ketones (excluding diaryl/α,β-unsaturated/α-hetero) is 1. The first-order chi connectivity index (χ1) is 12.2. The number of aliphatic hydroxyl groups excluding tert-OH is 1. The molecule has 0 heterocycles. The van der Waals surface area contributed by atoms with Crippen LogP contribution in [0.25, 0.3) is 0 Å². The second-order valence-corrected chi connectivity index (χ2v) is 7.20. The van der Waals surface area contributed by atoms with Crippen LogP contribution in [0.5, 0.6) is 0 Å². The number of nitrogens with two attached hydrogens (primary N) is 1. The minimum Gasteiger partial charge on any atom is -0.511 e. The predicted octanol–water partition coefficient (Wildman–Crippen LogP) is 3.74. The lowest BCUT2D eigenvalue weighted by atomic mass is 9.67. The second kappa shape index (κ2) is 7.72. The average Bonchev–Trinajstić information content (AvgIpc) is 2.55. The largest absolute Gasteiger partial charge is 0.511 e. The van der Waals surface area contributed by atoms with Crippen molar-refractivity contribution in [2.24, 2.45) is 16.3 Å². The topological polar surface area (TPSA) is 102 Å². The maximum Gasteiger partial charge on any atom is 0.316 e. The van der Waals surface area contributed by atoms with Gasteiger partial charge < -0.3 is 15.6 Å². The van der Waals surface area contributed by atoms with Gasteiger partial charge in [0.15, 0.2) is 5.78 Å². The Balaban J connectivity index is 2.59. The van der Waals surface area contributed by atoms with Crippen LogP contribution in [0, 0.1) is 11.3 Å². The minimum atomic E-state index is -0.895. The number of nitrogen functional groups attached to an aromatic ring is 1. The molecule has 6 heteroatoms. The summed E-state index contributed by atoms with van der Waals surface area (Å²) in [7, 11) is 1.28. The van der Waals surface area contributed by atoms with E-state index in [1.807, 2.05) is 6.92 Å². The lowest BCUT2D eigenvalue weighted by Crippen LogP contribution is -2.41. The van der Waals surface area contributed by atoms with Gasteiger partial charge in [-0.1, -0.05) is 27.2 Å². The van der Waals surface area contributed by atoms with Crippen molar-refractivity contribution in [1.82, 2.24) is 0 Å². The van der Waals surface area contributed by atoms with Crippen LogP contribution in [0.4, 0.5) is 11.4 Å². The van der Waals surface area contributed by atoms with Crippen LogP contribution < -0.4 is 5.73 Å². The van der Waals surface area contributed by atoms with Crippen LogP contribution >= 0.6 is 0 Å². The summed E-state index contributed by atoms with van der Waals surface area (Å²) in [5.41, 5.74) is 6.83. The number of hydrogen-bond donors (Lipinski definition) is 2. The molecule has 1 atom stereocenters. The summed E-state index contributed by atoms with van der Waals surface area (Å²) in [6.45, 7) is 5.51. The van der Waals surface area contributed by atoms with Crippen molar-refractivity contribution < 1.29 is 19.4 Å². The maximum atomic E-state index is 12.8. The van der Waals surface area contributed by atoms with Gasteiger partial charge in [0.1, 0.15) is 11.7 Å². The number of ketones is 1. The zero-order chi connectivity index (χ0) is 19.5. The van der Waals surface area contributed by atoms with Gasteiger partial charge in [-0.15, -0.1) is 0 Å². The van der Waals surface area contributed by atoms with Gasteiger partial charge in [0.05, 0.1) is 24.1 Å². The summed E-state index contributed by atoms with van der Waals surface area (Å²) in [4.78, 5) is 29.6. The maximum absolute atomic E-state index is 12.8. The first-order valence-corrected chi connectivity index (χ1v) is 8.69. The van der Waals surface area contributed by atoms with E-state index in [4.69, 9.17) is 10.5 Å².